The first-order valence-electron chi connectivity index (χ1n) is 8.55. The Morgan fingerprint density at radius 2 is 1.84 bits per heavy atom. The molecule has 2 aliphatic rings. The van der Waals surface area contributed by atoms with Gasteiger partial charge >= 0.3 is 0 Å². The molecule has 0 radical (unpaired) electrons. The number of carbonyl (C=O) groups is 1. The highest BCUT2D eigenvalue weighted by molar-refractivity contribution is 5.79. The van der Waals surface area contributed by atoms with Crippen LogP contribution in [0.15, 0.2) is 42.5 Å². The lowest BCUT2D eigenvalue weighted by molar-refractivity contribution is -0.136. The second-order valence-corrected chi connectivity index (χ2v) is 6.49. The fraction of sp³-hybridized carbons (Fsp3) is 0.350. The molecule has 2 heterocycles. The molecule has 2 aromatic carbocycles. The monoisotopic (exact) mass is 339 g/mol. The summed E-state index contributed by atoms with van der Waals surface area (Å²) in [4.78, 5) is 14.5. The average molecular weight is 339 g/mol. The van der Waals surface area contributed by atoms with Crippen LogP contribution >= 0.6 is 0 Å². The number of fused-ring (bicyclic) bond motifs is 2. The van der Waals surface area contributed by atoms with Crippen molar-refractivity contribution in [2.75, 3.05) is 26.9 Å². The number of benzene rings is 2. The van der Waals surface area contributed by atoms with E-state index < -0.39 is 0 Å². The minimum absolute atomic E-state index is 0.101. The van der Waals surface area contributed by atoms with Crippen LogP contribution in [0.3, 0.4) is 0 Å². The van der Waals surface area contributed by atoms with E-state index in [4.69, 9.17) is 14.2 Å². The molecule has 0 saturated carbocycles. The Morgan fingerprint density at radius 3 is 2.72 bits per heavy atom. The zero-order valence-electron chi connectivity index (χ0n) is 14.2. The number of ether oxygens (including phenoxy) is 3. The third kappa shape index (κ3) is 3.27. The van der Waals surface area contributed by atoms with Crippen LogP contribution in [0.4, 0.5) is 0 Å². The Labute approximate surface area is 147 Å². The van der Waals surface area contributed by atoms with Crippen LogP contribution in [0, 0.1) is 5.92 Å². The van der Waals surface area contributed by atoms with Gasteiger partial charge < -0.3 is 19.1 Å². The number of nitrogens with zero attached hydrogens (tertiary/aromatic N) is 1. The first kappa shape index (κ1) is 15.8. The van der Waals surface area contributed by atoms with Crippen molar-refractivity contribution < 1.29 is 19.0 Å². The van der Waals surface area contributed by atoms with Gasteiger partial charge in [0.25, 0.3) is 0 Å². The summed E-state index contributed by atoms with van der Waals surface area (Å²) in [6, 6.07) is 13.7. The molecule has 130 valence electrons. The molecule has 4 rings (SSSR count). The molecule has 0 saturated heterocycles. The van der Waals surface area contributed by atoms with E-state index in [1.54, 1.807) is 4.90 Å². The summed E-state index contributed by atoms with van der Waals surface area (Å²) in [5.74, 6) is 2.36. The Morgan fingerprint density at radius 1 is 1.04 bits per heavy atom. The first-order valence-corrected chi connectivity index (χ1v) is 8.55. The van der Waals surface area contributed by atoms with E-state index in [2.05, 4.69) is 0 Å². The molecule has 0 aliphatic carbocycles. The highest BCUT2D eigenvalue weighted by atomic mass is 16.6. The highest BCUT2D eigenvalue weighted by Gasteiger charge is 2.28. The molecule has 0 bridgehead atoms. The van der Waals surface area contributed by atoms with Crippen molar-refractivity contribution in [1.82, 2.24) is 4.90 Å². The van der Waals surface area contributed by atoms with Gasteiger partial charge in [0.2, 0.25) is 5.91 Å². The summed E-state index contributed by atoms with van der Waals surface area (Å²) in [6.45, 7) is 2.10. The van der Waals surface area contributed by atoms with Crippen molar-refractivity contribution in [2.45, 2.75) is 13.0 Å². The van der Waals surface area contributed by atoms with Gasteiger partial charge in [-0.1, -0.05) is 24.3 Å². The predicted octanol–water partition coefficient (Wildman–Crippen LogP) is 2.67. The lowest BCUT2D eigenvalue weighted by Gasteiger charge is -2.28. The molecule has 0 aromatic heterocycles. The smallest absolute Gasteiger partial charge is 0.229 e. The van der Waals surface area contributed by atoms with Gasteiger partial charge in [0.05, 0.1) is 5.92 Å². The molecular formula is C20H21NO4. The van der Waals surface area contributed by atoms with E-state index in [0.717, 1.165) is 34.8 Å². The van der Waals surface area contributed by atoms with Crippen molar-refractivity contribution in [3.05, 3.63) is 53.6 Å². The van der Waals surface area contributed by atoms with E-state index >= 15 is 0 Å². The normalized spacial score (nSPS) is 18.0. The lowest BCUT2D eigenvalue weighted by Crippen LogP contribution is -2.38. The van der Waals surface area contributed by atoms with Gasteiger partial charge in [-0.15, -0.1) is 0 Å². The van der Waals surface area contributed by atoms with Crippen LogP contribution in [-0.4, -0.2) is 37.7 Å². The molecule has 0 spiro atoms. The quantitative estimate of drug-likeness (QED) is 0.863. The van der Waals surface area contributed by atoms with Crippen LogP contribution in [0.5, 0.6) is 17.2 Å². The summed E-state index contributed by atoms with van der Waals surface area (Å²) >= 11 is 0. The third-order valence-corrected chi connectivity index (χ3v) is 4.63. The summed E-state index contributed by atoms with van der Waals surface area (Å²) in [7, 11) is 1.83. The van der Waals surface area contributed by atoms with Gasteiger partial charge in [0.15, 0.2) is 11.5 Å². The van der Waals surface area contributed by atoms with Crippen LogP contribution in [0.2, 0.25) is 0 Å². The summed E-state index contributed by atoms with van der Waals surface area (Å²) in [5.41, 5.74) is 2.12. The molecule has 0 fully saturated rings. The Hall–Kier alpha value is -2.69. The van der Waals surface area contributed by atoms with Crippen LogP contribution in [-0.2, 0) is 17.8 Å². The van der Waals surface area contributed by atoms with Gasteiger partial charge in [0, 0.05) is 13.6 Å². The molecule has 1 atom stereocenters. The molecule has 2 aliphatic heterocycles. The van der Waals surface area contributed by atoms with Crippen LogP contribution in [0.1, 0.15) is 11.1 Å². The van der Waals surface area contributed by atoms with Gasteiger partial charge in [-0.05, 0) is 35.7 Å². The van der Waals surface area contributed by atoms with E-state index in [1.807, 2.05) is 49.5 Å². The number of carbonyl (C=O) groups excluding carboxylic acids is 1. The second-order valence-electron chi connectivity index (χ2n) is 6.49. The van der Waals surface area contributed by atoms with Crippen LogP contribution < -0.4 is 14.2 Å². The van der Waals surface area contributed by atoms with Gasteiger partial charge in [-0.25, -0.2) is 0 Å². The SMILES string of the molecule is CN(Cc1ccc2c(c1)OCCO2)C(=O)C1COc2ccccc2C1. The molecule has 5 heteroatoms. The lowest BCUT2D eigenvalue weighted by atomic mass is 9.95. The molecule has 1 amide bonds. The molecule has 0 N–H and O–H groups in total. The number of hydrogen-bond acceptors (Lipinski definition) is 4. The molecule has 1 unspecified atom stereocenters. The molecule has 2 aromatic rings. The zero-order chi connectivity index (χ0) is 17.2. The zero-order valence-corrected chi connectivity index (χ0v) is 14.2. The topological polar surface area (TPSA) is 48.0 Å². The fourth-order valence-corrected chi connectivity index (χ4v) is 3.34. The van der Waals surface area contributed by atoms with Crippen molar-refractivity contribution in [3.8, 4) is 17.2 Å². The minimum atomic E-state index is -0.142. The maximum atomic E-state index is 12.8. The summed E-state index contributed by atoms with van der Waals surface area (Å²) < 4.78 is 16.9. The average Bonchev–Trinajstić information content (AvgIpc) is 2.67. The van der Waals surface area contributed by atoms with Gasteiger partial charge in [-0.3, -0.25) is 4.79 Å². The number of hydrogen-bond donors (Lipinski definition) is 0. The number of para-hydroxylation sites is 1. The molecular weight excluding hydrogens is 318 g/mol. The highest BCUT2D eigenvalue weighted by Crippen LogP contribution is 2.31. The Kier molecular flexibility index (Phi) is 4.22. The second kappa shape index (κ2) is 6.67. The minimum Gasteiger partial charge on any atom is -0.492 e. The molecule has 25 heavy (non-hydrogen) atoms. The van der Waals surface area contributed by atoms with E-state index in [9.17, 15) is 4.79 Å². The van der Waals surface area contributed by atoms with E-state index in [-0.39, 0.29) is 11.8 Å². The van der Waals surface area contributed by atoms with Crippen molar-refractivity contribution in [2.24, 2.45) is 5.92 Å². The van der Waals surface area contributed by atoms with Crippen molar-refractivity contribution in [1.29, 1.82) is 0 Å². The van der Waals surface area contributed by atoms with Crippen molar-refractivity contribution >= 4 is 5.91 Å². The van der Waals surface area contributed by atoms with E-state index in [1.165, 1.54) is 0 Å². The summed E-state index contributed by atoms with van der Waals surface area (Å²) in [5, 5.41) is 0. The fourth-order valence-electron chi connectivity index (χ4n) is 3.34. The number of amides is 1. The maximum absolute atomic E-state index is 12.8. The predicted molar refractivity (Wildman–Crippen MR) is 93.0 cm³/mol. The standard InChI is InChI=1S/C20H21NO4/c1-21(12-14-6-7-18-19(10-14)24-9-8-23-18)20(22)16-11-15-4-2-3-5-17(15)25-13-16/h2-7,10,16H,8-9,11-13H2,1H3. The Balaban J connectivity index is 1.43. The van der Waals surface area contributed by atoms with Crippen molar-refractivity contribution in [3.63, 3.8) is 0 Å². The third-order valence-electron chi connectivity index (χ3n) is 4.63. The largest absolute Gasteiger partial charge is 0.492 e. The van der Waals surface area contributed by atoms with Gasteiger partial charge in [0.1, 0.15) is 25.6 Å². The van der Waals surface area contributed by atoms with Gasteiger partial charge in [-0.2, -0.15) is 0 Å². The van der Waals surface area contributed by atoms with E-state index in [0.29, 0.717) is 26.4 Å². The molecule has 5 nitrogen and oxygen atoms in total. The Bertz CT molecular complexity index is 789. The number of rotatable bonds is 3. The maximum Gasteiger partial charge on any atom is 0.229 e. The first-order chi connectivity index (χ1) is 12.2. The summed E-state index contributed by atoms with van der Waals surface area (Å²) in [6.07, 6.45) is 0.723. The van der Waals surface area contributed by atoms with Crippen LogP contribution in [0.25, 0.3) is 0 Å².